The molecule has 0 aromatic rings. The number of hydrogen-bond acceptors (Lipinski definition) is 2. The molecule has 3 heteroatoms. The lowest BCUT2D eigenvalue weighted by atomic mass is 9.77. The van der Waals surface area contributed by atoms with E-state index in [1.54, 1.807) is 0 Å². The summed E-state index contributed by atoms with van der Waals surface area (Å²) in [4.78, 5) is 11.0. The number of amides is 1. The Morgan fingerprint density at radius 3 is 3.15 bits per heavy atom. The quantitative estimate of drug-likeness (QED) is 0.675. The molecule has 2 atom stereocenters. The third-order valence-corrected chi connectivity index (χ3v) is 3.35. The molecule has 1 aliphatic carbocycles. The minimum Gasteiger partial charge on any atom is -0.441 e. The fourth-order valence-corrected chi connectivity index (χ4v) is 2.55. The van der Waals surface area contributed by atoms with Gasteiger partial charge in [-0.3, -0.25) is 0 Å². The van der Waals surface area contributed by atoms with Gasteiger partial charge in [0.1, 0.15) is 5.60 Å². The van der Waals surface area contributed by atoms with Crippen molar-refractivity contribution in [2.75, 3.05) is 6.54 Å². The number of hydrogen-bond donors (Lipinski definition) is 1. The highest BCUT2D eigenvalue weighted by molar-refractivity contribution is 5.70. The molecular formula is C10H17NO2. The molecule has 3 nitrogen and oxygen atoms in total. The van der Waals surface area contributed by atoms with Gasteiger partial charge < -0.3 is 10.1 Å². The van der Waals surface area contributed by atoms with Gasteiger partial charge in [-0.2, -0.15) is 0 Å². The van der Waals surface area contributed by atoms with Crippen LogP contribution in [-0.2, 0) is 4.74 Å². The van der Waals surface area contributed by atoms with E-state index in [0.717, 1.165) is 25.3 Å². The van der Waals surface area contributed by atoms with Crippen molar-refractivity contribution in [3.05, 3.63) is 0 Å². The maximum absolute atomic E-state index is 11.0. The standard InChI is InChI=1S/C10H17NO2/c1-2-8-4-3-5-10(6-8)7-11-9(12)13-10/h8H,2-7H2,1H3,(H,11,12)/t8-,10+/m0/s1. The highest BCUT2D eigenvalue weighted by Gasteiger charge is 2.43. The van der Waals surface area contributed by atoms with Gasteiger partial charge in [0.05, 0.1) is 6.54 Å². The molecular weight excluding hydrogens is 166 g/mol. The smallest absolute Gasteiger partial charge is 0.407 e. The Morgan fingerprint density at radius 2 is 2.54 bits per heavy atom. The van der Waals surface area contributed by atoms with Crippen molar-refractivity contribution in [2.24, 2.45) is 5.92 Å². The Kier molecular flexibility index (Phi) is 2.18. The zero-order chi connectivity index (χ0) is 9.31. The molecule has 0 aromatic heterocycles. The number of rotatable bonds is 1. The zero-order valence-electron chi connectivity index (χ0n) is 8.14. The van der Waals surface area contributed by atoms with Gasteiger partial charge in [-0.25, -0.2) is 4.79 Å². The van der Waals surface area contributed by atoms with Gasteiger partial charge in [0.2, 0.25) is 0 Å². The molecule has 1 aliphatic heterocycles. The van der Waals surface area contributed by atoms with Crippen LogP contribution in [0.1, 0.15) is 39.0 Å². The molecule has 0 bridgehead atoms. The molecule has 2 aliphatic rings. The molecule has 0 unspecified atom stereocenters. The van der Waals surface area contributed by atoms with E-state index in [0.29, 0.717) is 0 Å². The fourth-order valence-electron chi connectivity index (χ4n) is 2.55. The average Bonchev–Trinajstić information content (AvgIpc) is 2.47. The Labute approximate surface area is 78.8 Å². The van der Waals surface area contributed by atoms with Crippen molar-refractivity contribution < 1.29 is 9.53 Å². The van der Waals surface area contributed by atoms with E-state index < -0.39 is 0 Å². The number of carbonyl (C=O) groups is 1. The van der Waals surface area contributed by atoms with Crippen molar-refractivity contribution in [3.63, 3.8) is 0 Å². The number of nitrogens with one attached hydrogen (secondary N) is 1. The summed E-state index contributed by atoms with van der Waals surface area (Å²) in [5, 5.41) is 2.76. The van der Waals surface area contributed by atoms with E-state index in [2.05, 4.69) is 12.2 Å². The van der Waals surface area contributed by atoms with E-state index in [1.807, 2.05) is 0 Å². The minimum atomic E-state index is -0.225. The third-order valence-electron chi connectivity index (χ3n) is 3.35. The van der Waals surface area contributed by atoms with E-state index >= 15 is 0 Å². The van der Waals surface area contributed by atoms with E-state index in [4.69, 9.17) is 4.74 Å². The van der Waals surface area contributed by atoms with Crippen LogP contribution in [-0.4, -0.2) is 18.2 Å². The third kappa shape index (κ3) is 1.64. The Bertz CT molecular complexity index is 217. The molecule has 2 fully saturated rings. The highest BCUT2D eigenvalue weighted by atomic mass is 16.6. The van der Waals surface area contributed by atoms with Crippen molar-refractivity contribution in [1.29, 1.82) is 0 Å². The van der Waals surface area contributed by atoms with Crippen LogP contribution in [0.4, 0.5) is 4.79 Å². The number of carbonyl (C=O) groups excluding carboxylic acids is 1. The lowest BCUT2D eigenvalue weighted by molar-refractivity contribution is 0.00651. The lowest BCUT2D eigenvalue weighted by Gasteiger charge is -2.35. The summed E-state index contributed by atoms with van der Waals surface area (Å²) in [5.74, 6) is 0.751. The largest absolute Gasteiger partial charge is 0.441 e. The molecule has 13 heavy (non-hydrogen) atoms. The van der Waals surface area contributed by atoms with E-state index in [9.17, 15) is 4.79 Å². The summed E-state index contributed by atoms with van der Waals surface area (Å²) in [6, 6.07) is 0. The second-order valence-corrected chi connectivity index (χ2v) is 4.30. The van der Waals surface area contributed by atoms with Crippen LogP contribution < -0.4 is 5.32 Å². The van der Waals surface area contributed by atoms with Gasteiger partial charge in [0.25, 0.3) is 0 Å². The molecule has 0 radical (unpaired) electrons. The average molecular weight is 183 g/mol. The first-order chi connectivity index (χ1) is 6.24. The first-order valence-electron chi connectivity index (χ1n) is 5.21. The van der Waals surface area contributed by atoms with Crippen LogP contribution in [0.2, 0.25) is 0 Å². The Balaban J connectivity index is 2.02. The SMILES string of the molecule is CC[C@H]1CCC[C@]2(CNC(=O)O2)C1. The number of ether oxygens (including phenoxy) is 1. The van der Waals surface area contributed by atoms with Crippen molar-refractivity contribution >= 4 is 6.09 Å². The Morgan fingerprint density at radius 1 is 1.69 bits per heavy atom. The number of alkyl carbamates (subject to hydrolysis) is 1. The lowest BCUT2D eigenvalue weighted by Crippen LogP contribution is -2.38. The first-order valence-corrected chi connectivity index (χ1v) is 5.21. The Hall–Kier alpha value is -0.730. The van der Waals surface area contributed by atoms with E-state index in [1.165, 1.54) is 19.3 Å². The van der Waals surface area contributed by atoms with E-state index in [-0.39, 0.29) is 11.7 Å². The first kappa shape index (κ1) is 8.85. The van der Waals surface area contributed by atoms with Crippen molar-refractivity contribution in [2.45, 2.75) is 44.6 Å². The van der Waals surface area contributed by atoms with Gasteiger partial charge >= 0.3 is 6.09 Å². The molecule has 1 saturated carbocycles. The molecule has 1 N–H and O–H groups in total. The predicted octanol–water partition coefficient (Wildman–Crippen LogP) is 2.07. The van der Waals surface area contributed by atoms with Crippen LogP contribution in [0.3, 0.4) is 0 Å². The van der Waals surface area contributed by atoms with Crippen molar-refractivity contribution in [1.82, 2.24) is 5.32 Å². The summed E-state index contributed by atoms with van der Waals surface area (Å²) in [5.41, 5.74) is -0.143. The maximum atomic E-state index is 11.0. The van der Waals surface area contributed by atoms with Crippen LogP contribution in [0, 0.1) is 5.92 Å². The normalized spacial score (nSPS) is 38.8. The van der Waals surface area contributed by atoms with Crippen LogP contribution >= 0.6 is 0 Å². The maximum Gasteiger partial charge on any atom is 0.407 e. The van der Waals surface area contributed by atoms with Gasteiger partial charge in [-0.15, -0.1) is 0 Å². The van der Waals surface area contributed by atoms with Crippen LogP contribution in [0.25, 0.3) is 0 Å². The van der Waals surface area contributed by atoms with Crippen molar-refractivity contribution in [3.8, 4) is 0 Å². The van der Waals surface area contributed by atoms with Gasteiger partial charge in [0, 0.05) is 0 Å². The summed E-state index contributed by atoms with van der Waals surface area (Å²) >= 11 is 0. The fraction of sp³-hybridized carbons (Fsp3) is 0.900. The van der Waals surface area contributed by atoms with Gasteiger partial charge in [0.15, 0.2) is 0 Å². The molecule has 1 spiro atoms. The van der Waals surface area contributed by atoms with Crippen LogP contribution in [0.15, 0.2) is 0 Å². The molecule has 1 amide bonds. The minimum absolute atomic E-state index is 0.143. The monoisotopic (exact) mass is 183 g/mol. The summed E-state index contributed by atoms with van der Waals surface area (Å²) in [6.07, 6.45) is 5.59. The summed E-state index contributed by atoms with van der Waals surface area (Å²) < 4.78 is 5.37. The van der Waals surface area contributed by atoms with Crippen LogP contribution in [0.5, 0.6) is 0 Å². The zero-order valence-corrected chi connectivity index (χ0v) is 8.14. The highest BCUT2D eigenvalue weighted by Crippen LogP contribution is 2.38. The van der Waals surface area contributed by atoms with Gasteiger partial charge in [-0.1, -0.05) is 19.8 Å². The summed E-state index contributed by atoms with van der Waals surface area (Å²) in [6.45, 7) is 2.94. The summed E-state index contributed by atoms with van der Waals surface area (Å²) in [7, 11) is 0. The molecule has 2 rings (SSSR count). The molecule has 74 valence electrons. The second-order valence-electron chi connectivity index (χ2n) is 4.30. The second kappa shape index (κ2) is 3.20. The predicted molar refractivity (Wildman–Crippen MR) is 49.5 cm³/mol. The molecule has 0 aromatic carbocycles. The molecule has 1 heterocycles. The van der Waals surface area contributed by atoms with Gasteiger partial charge in [-0.05, 0) is 25.2 Å². The topological polar surface area (TPSA) is 38.3 Å². The molecule has 1 saturated heterocycles.